The third kappa shape index (κ3) is 4.46. The third-order valence-corrected chi connectivity index (χ3v) is 4.51. The lowest BCUT2D eigenvalue weighted by molar-refractivity contribution is -0.384. The smallest absolute Gasteiger partial charge is 0.293 e. The predicted molar refractivity (Wildman–Crippen MR) is 103 cm³/mol. The van der Waals surface area contributed by atoms with Crippen LogP contribution in [-0.2, 0) is 4.79 Å². The number of amides is 1. The van der Waals surface area contributed by atoms with Crippen molar-refractivity contribution in [2.75, 3.05) is 18.2 Å². The average molecular weight is 400 g/mol. The molecule has 0 saturated carbocycles. The normalized spacial score (nSPS) is 10.5. The molecule has 1 amide bonds. The number of ether oxygens (including phenoxy) is 1. The van der Waals surface area contributed by atoms with Crippen LogP contribution in [0.3, 0.4) is 0 Å². The van der Waals surface area contributed by atoms with Gasteiger partial charge in [-0.25, -0.2) is 0 Å². The van der Waals surface area contributed by atoms with Crippen LogP contribution in [0.5, 0.6) is 5.75 Å². The minimum absolute atomic E-state index is 0.0431. The van der Waals surface area contributed by atoms with Gasteiger partial charge < -0.3 is 14.5 Å². The molecule has 0 aliphatic heterocycles. The summed E-state index contributed by atoms with van der Waals surface area (Å²) in [6.45, 7) is 1.74. The Morgan fingerprint density at radius 1 is 1.29 bits per heavy atom. The quantitative estimate of drug-likeness (QED) is 0.362. The first-order chi connectivity index (χ1) is 13.5. The van der Waals surface area contributed by atoms with Gasteiger partial charge in [0.15, 0.2) is 0 Å². The van der Waals surface area contributed by atoms with E-state index >= 15 is 0 Å². The molecular weight excluding hydrogens is 384 g/mol. The molecule has 10 heteroatoms. The van der Waals surface area contributed by atoms with Crippen molar-refractivity contribution in [2.24, 2.45) is 0 Å². The van der Waals surface area contributed by atoms with Gasteiger partial charge in [0.1, 0.15) is 11.4 Å². The van der Waals surface area contributed by atoms with E-state index in [4.69, 9.17) is 9.15 Å². The van der Waals surface area contributed by atoms with Crippen LogP contribution >= 0.6 is 11.8 Å². The van der Waals surface area contributed by atoms with E-state index in [1.165, 1.54) is 12.1 Å². The number of rotatable bonds is 7. The average Bonchev–Trinajstić information content (AvgIpc) is 3.16. The zero-order valence-electron chi connectivity index (χ0n) is 15.0. The number of aryl methyl sites for hydroxylation is 1. The maximum absolute atomic E-state index is 12.2. The molecule has 0 bridgehead atoms. The molecule has 0 aliphatic rings. The highest BCUT2D eigenvalue weighted by Gasteiger charge is 2.18. The molecule has 0 atom stereocenters. The highest BCUT2D eigenvalue weighted by atomic mass is 32.2. The first-order valence-corrected chi connectivity index (χ1v) is 9.11. The molecule has 0 fully saturated rings. The number of carbonyl (C=O) groups is 1. The molecule has 3 aromatic rings. The minimum Gasteiger partial charge on any atom is -0.496 e. The van der Waals surface area contributed by atoms with E-state index in [0.29, 0.717) is 11.3 Å². The molecule has 9 nitrogen and oxygen atoms in total. The first kappa shape index (κ1) is 19.4. The number of nitro groups is 1. The van der Waals surface area contributed by atoms with Gasteiger partial charge in [-0.3, -0.25) is 14.9 Å². The number of hydrogen-bond acceptors (Lipinski definition) is 8. The Morgan fingerprint density at radius 3 is 2.82 bits per heavy atom. The molecule has 1 N–H and O–H groups in total. The number of nitrogens with zero attached hydrogens (tertiary/aromatic N) is 3. The van der Waals surface area contributed by atoms with Crippen molar-refractivity contribution in [3.63, 3.8) is 0 Å². The van der Waals surface area contributed by atoms with Crippen molar-refractivity contribution in [3.05, 3.63) is 58.1 Å². The molecule has 0 spiro atoms. The van der Waals surface area contributed by atoms with Crippen LogP contribution in [-0.4, -0.2) is 33.9 Å². The Bertz CT molecular complexity index is 1020. The standard InChI is InChI=1S/C18H16N4O5S/c1-11-7-8-13(14(9-11)22(24)25)19-16(23)10-28-18-21-20-17(27-18)12-5-3-4-6-15(12)26-2/h3-9H,10H2,1-2H3,(H,19,23). The lowest BCUT2D eigenvalue weighted by atomic mass is 10.2. The largest absolute Gasteiger partial charge is 0.496 e. The van der Waals surface area contributed by atoms with Gasteiger partial charge >= 0.3 is 0 Å². The summed E-state index contributed by atoms with van der Waals surface area (Å²) in [6, 6.07) is 11.8. The van der Waals surface area contributed by atoms with Gasteiger partial charge in [0, 0.05) is 6.07 Å². The molecule has 0 saturated heterocycles. The van der Waals surface area contributed by atoms with E-state index in [1.807, 2.05) is 12.1 Å². The SMILES string of the molecule is COc1ccccc1-c1nnc(SCC(=O)Nc2ccc(C)cc2[N+](=O)[O-])o1. The topological polar surface area (TPSA) is 120 Å². The van der Waals surface area contributed by atoms with Crippen molar-refractivity contribution in [1.82, 2.24) is 10.2 Å². The molecule has 2 aromatic carbocycles. The van der Waals surface area contributed by atoms with E-state index in [-0.39, 0.29) is 28.2 Å². The second kappa shape index (κ2) is 8.53. The molecule has 1 aromatic heterocycles. The number of anilines is 1. The van der Waals surface area contributed by atoms with E-state index in [0.717, 1.165) is 17.3 Å². The minimum atomic E-state index is -0.534. The van der Waals surface area contributed by atoms with Gasteiger partial charge in [-0.15, -0.1) is 10.2 Å². The molecule has 28 heavy (non-hydrogen) atoms. The van der Waals surface area contributed by atoms with Crippen LogP contribution in [0.4, 0.5) is 11.4 Å². The summed E-state index contributed by atoms with van der Waals surface area (Å²) in [5.74, 6) is 0.397. The van der Waals surface area contributed by atoms with Crippen LogP contribution in [0.25, 0.3) is 11.5 Å². The molecule has 3 rings (SSSR count). The van der Waals surface area contributed by atoms with Crippen LogP contribution in [0, 0.1) is 17.0 Å². The first-order valence-electron chi connectivity index (χ1n) is 8.12. The second-order valence-electron chi connectivity index (χ2n) is 5.69. The second-order valence-corrected chi connectivity index (χ2v) is 6.61. The maximum Gasteiger partial charge on any atom is 0.293 e. The van der Waals surface area contributed by atoms with Crippen LogP contribution in [0.15, 0.2) is 52.1 Å². The van der Waals surface area contributed by atoms with E-state index in [1.54, 1.807) is 32.2 Å². The molecule has 0 unspecified atom stereocenters. The summed E-state index contributed by atoms with van der Waals surface area (Å²) in [7, 11) is 1.54. The van der Waals surface area contributed by atoms with Crippen molar-refractivity contribution < 1.29 is 18.9 Å². The fourth-order valence-electron chi connectivity index (χ4n) is 2.41. The van der Waals surface area contributed by atoms with Crippen molar-refractivity contribution in [3.8, 4) is 17.2 Å². The van der Waals surface area contributed by atoms with E-state index < -0.39 is 10.8 Å². The summed E-state index contributed by atoms with van der Waals surface area (Å²) < 4.78 is 10.8. The predicted octanol–water partition coefficient (Wildman–Crippen LogP) is 3.69. The van der Waals surface area contributed by atoms with Gasteiger partial charge in [-0.05, 0) is 30.7 Å². The monoisotopic (exact) mass is 400 g/mol. The summed E-state index contributed by atoms with van der Waals surface area (Å²) in [6.07, 6.45) is 0. The maximum atomic E-state index is 12.2. The van der Waals surface area contributed by atoms with Crippen LogP contribution < -0.4 is 10.1 Å². The van der Waals surface area contributed by atoms with E-state index in [9.17, 15) is 14.9 Å². The number of nitrogens with one attached hydrogen (secondary N) is 1. The fraction of sp³-hybridized carbons (Fsp3) is 0.167. The summed E-state index contributed by atoms with van der Waals surface area (Å²) in [5.41, 5.74) is 1.36. The van der Waals surface area contributed by atoms with Crippen LogP contribution in [0.2, 0.25) is 0 Å². The number of thioether (sulfide) groups is 1. The number of nitro benzene ring substituents is 1. The third-order valence-electron chi connectivity index (χ3n) is 3.69. The zero-order valence-corrected chi connectivity index (χ0v) is 15.9. The Kier molecular flexibility index (Phi) is 5.90. The van der Waals surface area contributed by atoms with Crippen molar-refractivity contribution in [1.29, 1.82) is 0 Å². The molecule has 144 valence electrons. The van der Waals surface area contributed by atoms with E-state index in [2.05, 4.69) is 15.5 Å². The molecular formula is C18H16N4O5S. The molecule has 0 aliphatic carbocycles. The summed E-state index contributed by atoms with van der Waals surface area (Å²) >= 11 is 1.03. The van der Waals surface area contributed by atoms with Crippen molar-refractivity contribution >= 4 is 29.0 Å². The Morgan fingerprint density at radius 2 is 2.07 bits per heavy atom. The lowest BCUT2D eigenvalue weighted by Crippen LogP contribution is -2.15. The summed E-state index contributed by atoms with van der Waals surface area (Å²) in [4.78, 5) is 22.8. The number of para-hydroxylation sites is 1. The number of carbonyl (C=O) groups excluding carboxylic acids is 1. The Labute approximate surface area is 164 Å². The van der Waals surface area contributed by atoms with Gasteiger partial charge in [0.2, 0.25) is 5.91 Å². The molecule has 0 radical (unpaired) electrons. The molecule has 1 heterocycles. The highest BCUT2D eigenvalue weighted by molar-refractivity contribution is 7.99. The fourth-order valence-corrected chi connectivity index (χ4v) is 2.97. The van der Waals surface area contributed by atoms with Crippen molar-refractivity contribution in [2.45, 2.75) is 12.1 Å². The summed E-state index contributed by atoms with van der Waals surface area (Å²) in [5, 5.41) is 21.7. The number of aromatic nitrogens is 2. The Balaban J connectivity index is 1.65. The van der Waals surface area contributed by atoms with Gasteiger partial charge in [0.25, 0.3) is 16.8 Å². The van der Waals surface area contributed by atoms with Crippen LogP contribution in [0.1, 0.15) is 5.56 Å². The lowest BCUT2D eigenvalue weighted by Gasteiger charge is -2.05. The zero-order chi connectivity index (χ0) is 20.1. The number of methoxy groups -OCH3 is 1. The van der Waals surface area contributed by atoms with Gasteiger partial charge in [0.05, 0.1) is 23.3 Å². The highest BCUT2D eigenvalue weighted by Crippen LogP contribution is 2.30. The van der Waals surface area contributed by atoms with Gasteiger partial charge in [-0.2, -0.15) is 0 Å². The van der Waals surface area contributed by atoms with Gasteiger partial charge in [-0.1, -0.05) is 30.0 Å². The Hall–Kier alpha value is -3.40. The number of benzene rings is 2. The number of hydrogen-bond donors (Lipinski definition) is 1.